The molecule has 0 unspecified atom stereocenters. The van der Waals surface area contributed by atoms with E-state index < -0.39 is 27.6 Å². The predicted octanol–water partition coefficient (Wildman–Crippen LogP) is 1.89. The summed E-state index contributed by atoms with van der Waals surface area (Å²) in [5.41, 5.74) is 7.04. The number of nitrogens with two attached hydrogens (primary N) is 1. The summed E-state index contributed by atoms with van der Waals surface area (Å²) in [7, 11) is -4.62. The second-order valence-electron chi connectivity index (χ2n) is 5.00. The minimum atomic E-state index is -4.62. The number of amides is 1. The van der Waals surface area contributed by atoms with Gasteiger partial charge in [-0.15, -0.1) is 0 Å². The number of benzene rings is 2. The molecule has 0 radical (unpaired) electrons. The molecule has 114 valence electrons. The van der Waals surface area contributed by atoms with E-state index in [2.05, 4.69) is 0 Å². The van der Waals surface area contributed by atoms with Crippen LogP contribution in [0.1, 0.15) is 11.1 Å². The van der Waals surface area contributed by atoms with E-state index in [9.17, 15) is 17.8 Å². The molecule has 3 rings (SSSR count). The van der Waals surface area contributed by atoms with Crippen LogP contribution in [0.15, 0.2) is 48.5 Å². The molecule has 7 heteroatoms. The summed E-state index contributed by atoms with van der Waals surface area (Å²) in [6.07, 6.45) is -1.11. The van der Waals surface area contributed by atoms with Crippen LogP contribution in [-0.2, 0) is 19.6 Å². The lowest BCUT2D eigenvalue weighted by Crippen LogP contribution is -2.41. The van der Waals surface area contributed by atoms with E-state index in [4.69, 9.17) is 10.5 Å². The average molecular weight is 319 g/mol. The Labute approximate surface area is 127 Å². The molecule has 1 aliphatic rings. The van der Waals surface area contributed by atoms with E-state index in [-0.39, 0.29) is 0 Å². The highest BCUT2D eigenvalue weighted by molar-refractivity contribution is 7.87. The number of hydrogen-bond acceptors (Lipinski definition) is 4. The zero-order valence-corrected chi connectivity index (χ0v) is 12.2. The molecule has 2 aromatic carbocycles. The highest BCUT2D eigenvalue weighted by Gasteiger charge is 2.54. The number of hydrogen-bond donors (Lipinski definition) is 2. The molecule has 1 amide bonds. The van der Waals surface area contributed by atoms with E-state index in [1.54, 1.807) is 48.5 Å². The second kappa shape index (κ2) is 4.82. The molecule has 2 aromatic rings. The molecule has 0 bridgehead atoms. The average Bonchev–Trinajstić information content (AvgIpc) is 2.76. The minimum Gasteiger partial charge on any atom is -0.447 e. The van der Waals surface area contributed by atoms with Gasteiger partial charge in [-0.05, 0) is 22.3 Å². The third-order valence-corrected chi connectivity index (χ3v) is 5.31. The lowest BCUT2D eigenvalue weighted by Gasteiger charge is -2.27. The Balaban J connectivity index is 2.36. The third-order valence-electron chi connectivity index (χ3n) is 3.87. The topological polar surface area (TPSA) is 107 Å². The Morgan fingerprint density at radius 3 is 1.91 bits per heavy atom. The van der Waals surface area contributed by atoms with Gasteiger partial charge in [0.2, 0.25) is 0 Å². The number of carbonyl (C=O) groups excluding carboxylic acids is 1. The molecule has 0 heterocycles. The highest BCUT2D eigenvalue weighted by Crippen LogP contribution is 2.51. The zero-order chi connectivity index (χ0) is 16.0. The summed E-state index contributed by atoms with van der Waals surface area (Å²) < 4.78 is 37.3. The summed E-state index contributed by atoms with van der Waals surface area (Å²) >= 11 is 0. The van der Waals surface area contributed by atoms with Gasteiger partial charge < -0.3 is 10.5 Å². The maximum absolute atomic E-state index is 12.2. The molecule has 0 fully saturated rings. The number of fused-ring (bicyclic) bond motifs is 3. The Morgan fingerprint density at radius 2 is 1.50 bits per heavy atom. The summed E-state index contributed by atoms with van der Waals surface area (Å²) in [5, 5.41) is 0. The smallest absolute Gasteiger partial charge is 0.404 e. The van der Waals surface area contributed by atoms with Crippen LogP contribution in [0.2, 0.25) is 0 Å². The molecule has 0 atom stereocenters. The molecule has 3 N–H and O–H groups in total. The van der Waals surface area contributed by atoms with Crippen molar-refractivity contribution in [2.24, 2.45) is 5.73 Å². The molecular weight excluding hydrogens is 306 g/mol. The van der Waals surface area contributed by atoms with E-state index in [1.807, 2.05) is 0 Å². The van der Waals surface area contributed by atoms with Crippen molar-refractivity contribution in [1.29, 1.82) is 0 Å². The summed E-state index contributed by atoms with van der Waals surface area (Å²) in [4.78, 5) is 11.0. The van der Waals surface area contributed by atoms with Crippen LogP contribution in [0.5, 0.6) is 0 Å². The van der Waals surface area contributed by atoms with Crippen LogP contribution in [0.25, 0.3) is 11.1 Å². The van der Waals surface area contributed by atoms with Crippen molar-refractivity contribution in [3.63, 3.8) is 0 Å². The number of rotatable bonds is 3. The van der Waals surface area contributed by atoms with Crippen molar-refractivity contribution in [2.45, 2.75) is 4.75 Å². The Kier molecular flexibility index (Phi) is 3.19. The normalized spacial score (nSPS) is 15.0. The fourth-order valence-electron chi connectivity index (χ4n) is 2.97. The monoisotopic (exact) mass is 319 g/mol. The predicted molar refractivity (Wildman–Crippen MR) is 79.7 cm³/mol. The molecule has 1 aliphatic carbocycles. The summed E-state index contributed by atoms with van der Waals surface area (Å²) in [6.45, 7) is -0.588. The summed E-state index contributed by atoms with van der Waals surface area (Å²) in [5.74, 6) is 0. The van der Waals surface area contributed by atoms with Gasteiger partial charge >= 0.3 is 6.09 Å². The van der Waals surface area contributed by atoms with Crippen LogP contribution >= 0.6 is 0 Å². The maximum atomic E-state index is 12.2. The Bertz CT molecular complexity index is 814. The van der Waals surface area contributed by atoms with Gasteiger partial charge in [0, 0.05) is 0 Å². The van der Waals surface area contributed by atoms with Crippen LogP contribution in [0, 0.1) is 0 Å². The zero-order valence-electron chi connectivity index (χ0n) is 11.4. The first kappa shape index (κ1) is 14.6. The van der Waals surface area contributed by atoms with Crippen molar-refractivity contribution >= 4 is 16.2 Å². The first-order valence-corrected chi connectivity index (χ1v) is 7.90. The van der Waals surface area contributed by atoms with Gasteiger partial charge in [0.05, 0.1) is 0 Å². The fourth-order valence-corrected chi connectivity index (χ4v) is 4.09. The fraction of sp³-hybridized carbons (Fsp3) is 0.133. The van der Waals surface area contributed by atoms with Gasteiger partial charge in [-0.3, -0.25) is 4.55 Å². The molecule has 0 aliphatic heterocycles. The standard InChI is InChI=1S/C15H13NO5S/c16-14(17)21-9-15(22(18,19)20)12-7-3-1-5-10(12)11-6-2-4-8-13(11)15/h1-8H,9H2,(H2,16,17)(H,18,19,20). The van der Waals surface area contributed by atoms with E-state index in [0.717, 1.165) is 0 Å². The van der Waals surface area contributed by atoms with E-state index in [0.29, 0.717) is 22.3 Å². The van der Waals surface area contributed by atoms with Gasteiger partial charge in [-0.1, -0.05) is 48.5 Å². The van der Waals surface area contributed by atoms with Crippen molar-refractivity contribution < 1.29 is 22.5 Å². The van der Waals surface area contributed by atoms with Crippen molar-refractivity contribution in [3.05, 3.63) is 59.7 Å². The first-order valence-electron chi connectivity index (χ1n) is 6.46. The van der Waals surface area contributed by atoms with Crippen LogP contribution in [-0.4, -0.2) is 25.7 Å². The minimum absolute atomic E-state index is 0.361. The molecule has 6 nitrogen and oxygen atoms in total. The lowest BCUT2D eigenvalue weighted by atomic mass is 9.97. The molecule has 22 heavy (non-hydrogen) atoms. The van der Waals surface area contributed by atoms with Gasteiger partial charge in [0.1, 0.15) is 6.61 Å². The quantitative estimate of drug-likeness (QED) is 0.840. The Hall–Kier alpha value is -2.38. The van der Waals surface area contributed by atoms with Gasteiger partial charge in [-0.25, -0.2) is 4.79 Å². The second-order valence-corrected chi connectivity index (χ2v) is 6.65. The van der Waals surface area contributed by atoms with Gasteiger partial charge in [0.15, 0.2) is 4.75 Å². The lowest BCUT2D eigenvalue weighted by molar-refractivity contribution is 0.146. The number of carbonyl (C=O) groups is 1. The van der Waals surface area contributed by atoms with Crippen LogP contribution < -0.4 is 5.73 Å². The van der Waals surface area contributed by atoms with E-state index in [1.165, 1.54) is 0 Å². The molecule has 0 saturated heterocycles. The SMILES string of the molecule is NC(=O)OCC1(S(=O)(=O)O)c2ccccc2-c2ccccc21. The largest absolute Gasteiger partial charge is 0.447 e. The molecular formula is C15H13NO5S. The maximum Gasteiger partial charge on any atom is 0.404 e. The highest BCUT2D eigenvalue weighted by atomic mass is 32.2. The van der Waals surface area contributed by atoms with Crippen molar-refractivity contribution in [2.75, 3.05) is 6.61 Å². The summed E-state index contributed by atoms with van der Waals surface area (Å²) in [6, 6.07) is 13.6. The van der Waals surface area contributed by atoms with Crippen LogP contribution in [0.3, 0.4) is 0 Å². The van der Waals surface area contributed by atoms with Crippen molar-refractivity contribution in [3.8, 4) is 11.1 Å². The first-order chi connectivity index (χ1) is 10.4. The Morgan fingerprint density at radius 1 is 1.05 bits per heavy atom. The van der Waals surface area contributed by atoms with Gasteiger partial charge in [0.25, 0.3) is 10.1 Å². The molecule has 0 spiro atoms. The molecule has 0 saturated carbocycles. The molecule has 0 aromatic heterocycles. The number of ether oxygens (including phenoxy) is 1. The van der Waals surface area contributed by atoms with Gasteiger partial charge in [-0.2, -0.15) is 8.42 Å². The van der Waals surface area contributed by atoms with E-state index >= 15 is 0 Å². The third kappa shape index (κ3) is 1.90. The van der Waals surface area contributed by atoms with Crippen LogP contribution in [0.4, 0.5) is 4.79 Å². The van der Waals surface area contributed by atoms with Crippen molar-refractivity contribution in [1.82, 2.24) is 0 Å². The number of primary amides is 1.